The number of hydrogen-bond acceptors (Lipinski definition) is 25. The van der Waals surface area contributed by atoms with E-state index in [2.05, 4.69) is 84.9 Å². The number of aromatic carboxylic acids is 2. The molecule has 0 bridgehead atoms. The number of urea groups is 2. The number of aliphatic carboxylic acids is 3. The van der Waals surface area contributed by atoms with Crippen LogP contribution in [0.1, 0.15) is 172 Å². The molecule has 0 saturated carbocycles. The number of amides is 7. The van der Waals surface area contributed by atoms with Crippen LogP contribution in [0.5, 0.6) is 5.75 Å². The molecule has 6 rings (SSSR count). The minimum absolute atomic E-state index is 0.0141. The number of nitrogens with zero attached hydrogens (tertiary/aromatic N) is 7. The van der Waals surface area contributed by atoms with E-state index in [4.69, 9.17) is 55.2 Å². The van der Waals surface area contributed by atoms with Gasteiger partial charge < -0.3 is 111 Å². The van der Waals surface area contributed by atoms with Crippen molar-refractivity contribution in [3.63, 3.8) is 0 Å². The van der Waals surface area contributed by atoms with Gasteiger partial charge in [0, 0.05) is 125 Å². The molecule has 39 nitrogen and oxygen atoms in total. The van der Waals surface area contributed by atoms with Crippen LogP contribution in [0.15, 0.2) is 89.2 Å². The number of anilines is 2. The highest BCUT2D eigenvalue weighted by molar-refractivity contribution is 7.80. The van der Waals surface area contributed by atoms with Crippen molar-refractivity contribution >= 4 is 94.5 Å². The van der Waals surface area contributed by atoms with Gasteiger partial charge in [-0.25, -0.2) is 38.7 Å². The molecule has 4 atom stereocenters. The van der Waals surface area contributed by atoms with Gasteiger partial charge in [-0.15, -0.1) is 4.68 Å². The molecule has 684 valence electrons. The fourth-order valence-corrected chi connectivity index (χ4v) is 12.8. The summed E-state index contributed by atoms with van der Waals surface area (Å²) in [5.41, 5.74) is 3.88. The Morgan fingerprint density at radius 3 is 1.69 bits per heavy atom. The first-order chi connectivity index (χ1) is 60.1. The molecule has 4 aromatic rings. The van der Waals surface area contributed by atoms with Gasteiger partial charge in [0.2, 0.25) is 23.8 Å². The van der Waals surface area contributed by atoms with Crippen LogP contribution in [0, 0.1) is 0 Å². The Morgan fingerprint density at radius 1 is 0.500 bits per heavy atom. The Hall–Kier alpha value is -10.6. The SMILES string of the molecule is CCCCCCCC(=O)NCCCCC(NC(=O)C(CCCCNC(=S)Nc1ccc(CCOc2cc(CN3CCOCCOCCN(Cc4cccc(C(=O)O)n4)CCOCCOCC3)nc(C(=O)O)c2)cc1)NC(=O)CCOCCOCCOCC[N+]1=CC(c2cccc(NC(=O)NCCCCC(NC(=O)NCCCC(=O)O)C(=O)O)c2)N=N1)C(=O)O. The van der Waals surface area contributed by atoms with Crippen LogP contribution >= 0.6 is 12.2 Å². The van der Waals surface area contributed by atoms with Crippen LogP contribution < -0.4 is 52.6 Å². The number of carboxylic acids is 5. The quantitative estimate of drug-likeness (QED) is 0.0126. The van der Waals surface area contributed by atoms with Gasteiger partial charge >= 0.3 is 41.9 Å². The Morgan fingerprint density at radius 2 is 1.06 bits per heavy atom. The normalized spacial score (nSPS) is 15.1. The highest BCUT2D eigenvalue weighted by Gasteiger charge is 2.28. The molecule has 2 aromatic carbocycles. The van der Waals surface area contributed by atoms with E-state index in [1.54, 1.807) is 41.1 Å². The number of benzene rings is 2. The van der Waals surface area contributed by atoms with Crippen molar-refractivity contribution in [3.8, 4) is 5.75 Å². The zero-order valence-electron chi connectivity index (χ0n) is 70.8. The van der Waals surface area contributed by atoms with Crippen LogP contribution in [0.4, 0.5) is 21.0 Å². The first kappa shape index (κ1) is 102. The zero-order chi connectivity index (χ0) is 89.2. The minimum atomic E-state index is -1.24. The predicted octanol–water partition coefficient (Wildman–Crippen LogP) is 6.59. The van der Waals surface area contributed by atoms with Crippen LogP contribution in [0.25, 0.3) is 0 Å². The maximum atomic E-state index is 13.9. The molecule has 4 unspecified atom stereocenters. The molecule has 7 amide bonds. The number of ether oxygens (including phenoxy) is 8. The number of hydrogen-bond donors (Lipinski definition) is 14. The summed E-state index contributed by atoms with van der Waals surface area (Å²) in [5, 5.41) is 81.7. The highest BCUT2D eigenvalue weighted by atomic mass is 32.1. The van der Waals surface area contributed by atoms with Crippen molar-refractivity contribution in [2.45, 2.75) is 166 Å². The fourth-order valence-electron chi connectivity index (χ4n) is 12.6. The number of nitrogens with one attached hydrogen (secondary N) is 9. The van der Waals surface area contributed by atoms with Crippen molar-refractivity contribution in [1.82, 2.24) is 57.0 Å². The molecule has 1 fully saturated rings. The van der Waals surface area contributed by atoms with Crippen LogP contribution in [0.3, 0.4) is 0 Å². The lowest BCUT2D eigenvalue weighted by molar-refractivity contribution is -0.534. The maximum absolute atomic E-state index is 13.9. The molecule has 1 saturated heterocycles. The van der Waals surface area contributed by atoms with E-state index in [1.807, 2.05) is 36.5 Å². The molecule has 0 radical (unpaired) electrons. The van der Waals surface area contributed by atoms with Crippen molar-refractivity contribution in [3.05, 3.63) is 113 Å². The van der Waals surface area contributed by atoms with E-state index >= 15 is 0 Å². The smallest absolute Gasteiger partial charge is 0.354 e. The number of carbonyl (C=O) groups is 10. The van der Waals surface area contributed by atoms with Gasteiger partial charge in [0.25, 0.3) is 0 Å². The molecule has 2 aliphatic rings. The number of thiocarbonyl (C=S) groups is 1. The molecule has 0 spiro atoms. The molecule has 2 aromatic heterocycles. The number of carboxylic acid groups (broad SMARTS) is 5. The van der Waals surface area contributed by atoms with Gasteiger partial charge in [0.15, 0.2) is 10.8 Å². The van der Waals surface area contributed by atoms with Crippen molar-refractivity contribution in [1.29, 1.82) is 0 Å². The lowest BCUT2D eigenvalue weighted by Gasteiger charge is -2.23. The van der Waals surface area contributed by atoms with E-state index in [0.717, 1.165) is 43.2 Å². The summed E-state index contributed by atoms with van der Waals surface area (Å²) in [4.78, 5) is 136. The van der Waals surface area contributed by atoms with Crippen LogP contribution in [0.2, 0.25) is 0 Å². The zero-order valence-corrected chi connectivity index (χ0v) is 71.7. The van der Waals surface area contributed by atoms with Gasteiger partial charge in [-0.05, 0) is 125 Å². The Bertz CT molecular complexity index is 3960. The average Bonchev–Trinajstić information content (AvgIpc) is 1.68. The van der Waals surface area contributed by atoms with E-state index in [1.165, 1.54) is 12.1 Å². The summed E-state index contributed by atoms with van der Waals surface area (Å²) in [6, 6.07) is 17.7. The van der Waals surface area contributed by atoms with Gasteiger partial charge in [0.05, 0.1) is 110 Å². The summed E-state index contributed by atoms with van der Waals surface area (Å²) in [6.45, 7) is 10.9. The summed E-state index contributed by atoms with van der Waals surface area (Å²) in [5.74, 6) is -6.56. The Kier molecular flexibility index (Phi) is 50.9. The minimum Gasteiger partial charge on any atom is -0.493 e. The van der Waals surface area contributed by atoms with E-state index < -0.39 is 77.9 Å². The summed E-state index contributed by atoms with van der Waals surface area (Å²) in [6.07, 6.45) is 10.9. The third-order valence-corrected chi connectivity index (χ3v) is 19.6. The number of rotatable bonds is 56. The second-order valence-corrected chi connectivity index (χ2v) is 29.8. The molecule has 14 N–H and O–H groups in total. The highest BCUT2D eigenvalue weighted by Crippen LogP contribution is 2.24. The monoisotopic (exact) mass is 1760 g/mol. The molecule has 40 heteroatoms. The second kappa shape index (κ2) is 61.7. The van der Waals surface area contributed by atoms with Crippen LogP contribution in [-0.2, 0) is 81.4 Å². The third kappa shape index (κ3) is 45.7. The third-order valence-electron chi connectivity index (χ3n) is 19.3. The van der Waals surface area contributed by atoms with Crippen LogP contribution in [-0.4, -0.2) is 297 Å². The molecular formula is C84H125N16O23S+. The van der Waals surface area contributed by atoms with Gasteiger partial charge in [-0.3, -0.25) is 29.0 Å². The molecular weight excluding hydrogens is 1630 g/mol. The number of unbranched alkanes of at least 4 members (excludes halogenated alkanes) is 7. The van der Waals surface area contributed by atoms with Crippen molar-refractivity contribution in [2.75, 3.05) is 169 Å². The standard InChI is InChI=1S/C84H124N16O23S/c1-2-3-4-5-6-23-74(101)85-31-10-8-20-70(79(108)109)94-77(105)68(93-75(102)30-40-116-47-53-122-54-52-121-46-39-100-60-73(96-97-100)62-16-13-17-64(55-62)91-82(114)86-32-11-9-21-71(80(110)111)95-83(115)87-34-15-24-76(103)104)19-7-12-33-88-84(124)92-63-27-25-61(26-28-63)29-41-123-67-56-66(90-72(57-67)81(112)113)59-99-37-44-119-50-48-117-42-35-98(36-43-118-49-51-120-45-38-99)58-65-18-14-22-69(89-65)78(106)107/h13-14,16-18,22,25-28,55-57,60,68,70-71,73H,2-12,15,19-21,23-24,29-54,58-59H2,1H3,(H13-,85,86,87,88,91,92,93,94,95,101,102,103,104,105,106,107,108,109,110,111,112,113,114,115,124)/p+1. The molecule has 2 aliphatic heterocycles. The number of aromatic nitrogens is 2. The topological polar surface area (TPSA) is 514 Å². The molecule has 0 aliphatic carbocycles. The van der Waals surface area contributed by atoms with Gasteiger partial charge in [-0.2, -0.15) is 0 Å². The number of pyridine rings is 2. The largest absolute Gasteiger partial charge is 0.493 e. The fraction of sp³-hybridized carbons (Fsp3) is 0.595. The second-order valence-electron chi connectivity index (χ2n) is 29.3. The predicted molar refractivity (Wildman–Crippen MR) is 460 cm³/mol. The van der Waals surface area contributed by atoms with Crippen molar-refractivity contribution in [2.24, 2.45) is 10.3 Å². The molecule has 4 heterocycles. The summed E-state index contributed by atoms with van der Waals surface area (Å²) >= 11 is 5.62. The lowest BCUT2D eigenvalue weighted by Crippen LogP contribution is -2.51. The van der Waals surface area contributed by atoms with E-state index in [9.17, 15) is 68.4 Å². The van der Waals surface area contributed by atoms with E-state index in [-0.39, 0.29) is 109 Å². The summed E-state index contributed by atoms with van der Waals surface area (Å²) < 4.78 is 48.5. The van der Waals surface area contributed by atoms with E-state index in [0.29, 0.717) is 203 Å². The Labute approximate surface area is 728 Å². The average molecular weight is 1760 g/mol. The first-order valence-electron chi connectivity index (χ1n) is 42.5. The first-order valence-corrected chi connectivity index (χ1v) is 42.9. The molecule has 124 heavy (non-hydrogen) atoms. The van der Waals surface area contributed by atoms with Crippen molar-refractivity contribution < 1.29 is 116 Å². The maximum Gasteiger partial charge on any atom is 0.354 e. The number of carbonyl (C=O) groups excluding carboxylic acids is 5. The Balaban J connectivity index is 0.871. The lowest BCUT2D eigenvalue weighted by atomic mass is 10.1. The van der Waals surface area contributed by atoms with Gasteiger partial charge in [0.1, 0.15) is 47.6 Å². The van der Waals surface area contributed by atoms with Gasteiger partial charge in [-0.1, -0.05) is 62.9 Å². The summed E-state index contributed by atoms with van der Waals surface area (Å²) in [7, 11) is 0.